The van der Waals surface area contributed by atoms with Gasteiger partial charge in [-0.25, -0.2) is 8.42 Å². The maximum atomic E-state index is 11.9. The predicted molar refractivity (Wildman–Crippen MR) is 91.2 cm³/mol. The van der Waals surface area contributed by atoms with Crippen molar-refractivity contribution in [1.82, 2.24) is 4.90 Å². The van der Waals surface area contributed by atoms with E-state index in [-0.39, 0.29) is 17.5 Å². The van der Waals surface area contributed by atoms with Gasteiger partial charge in [0, 0.05) is 50.2 Å². The second-order valence-corrected chi connectivity index (χ2v) is 7.93. The first-order chi connectivity index (χ1) is 11.3. The van der Waals surface area contributed by atoms with E-state index in [1.165, 1.54) is 12.1 Å². The average molecular weight is 357 g/mol. The molecular weight excluding hydrogens is 334 g/mol. The second kappa shape index (κ2) is 7.45. The number of hydrogen-bond acceptors (Lipinski definition) is 7. The molecule has 1 unspecified atom stereocenters. The first kappa shape index (κ1) is 18.6. The summed E-state index contributed by atoms with van der Waals surface area (Å²) in [4.78, 5) is 14.3. The van der Waals surface area contributed by atoms with Crippen molar-refractivity contribution < 1.29 is 18.4 Å². The minimum Gasteiger partial charge on any atom is -0.395 e. The molecule has 1 heterocycles. The molecule has 1 atom stereocenters. The van der Waals surface area contributed by atoms with Crippen LogP contribution in [0.25, 0.3) is 0 Å². The van der Waals surface area contributed by atoms with Crippen LogP contribution in [0.15, 0.2) is 23.1 Å². The average Bonchev–Trinajstić information content (AvgIpc) is 2.55. The number of anilines is 1. The molecule has 9 heteroatoms. The molecule has 1 aromatic rings. The number of rotatable bonds is 6. The summed E-state index contributed by atoms with van der Waals surface area (Å²) in [6.45, 7) is 5.01. The molecule has 0 bridgehead atoms. The number of aliphatic hydroxyl groups excluding tert-OH is 1. The molecule has 8 nitrogen and oxygen atoms in total. The van der Waals surface area contributed by atoms with Crippen LogP contribution in [0.1, 0.15) is 13.3 Å². The SMILES string of the molecule is CCC(CO)N1CCN(c2ccc([N+](=O)[O-])c(S(C)(=O)=O)c2)CC1. The Morgan fingerprint density at radius 2 is 1.92 bits per heavy atom. The molecule has 1 aliphatic heterocycles. The Balaban J connectivity index is 2.21. The summed E-state index contributed by atoms with van der Waals surface area (Å²) >= 11 is 0. The van der Waals surface area contributed by atoms with Crippen molar-refractivity contribution in [2.75, 3.05) is 43.9 Å². The zero-order valence-corrected chi connectivity index (χ0v) is 14.7. The van der Waals surface area contributed by atoms with Crippen LogP contribution < -0.4 is 4.90 Å². The molecule has 1 saturated heterocycles. The lowest BCUT2D eigenvalue weighted by molar-refractivity contribution is -0.387. The van der Waals surface area contributed by atoms with E-state index in [1.807, 2.05) is 11.8 Å². The largest absolute Gasteiger partial charge is 0.395 e. The molecule has 1 fully saturated rings. The molecule has 0 saturated carbocycles. The van der Waals surface area contributed by atoms with E-state index in [0.717, 1.165) is 25.8 Å². The summed E-state index contributed by atoms with van der Waals surface area (Å²) < 4.78 is 23.7. The fourth-order valence-corrected chi connectivity index (χ4v) is 3.85. The van der Waals surface area contributed by atoms with E-state index in [0.29, 0.717) is 18.8 Å². The maximum Gasteiger partial charge on any atom is 0.288 e. The van der Waals surface area contributed by atoms with Gasteiger partial charge < -0.3 is 10.0 Å². The minimum atomic E-state index is -3.68. The van der Waals surface area contributed by atoms with E-state index in [4.69, 9.17) is 0 Å². The lowest BCUT2D eigenvalue weighted by atomic mass is 10.1. The van der Waals surface area contributed by atoms with Gasteiger partial charge >= 0.3 is 0 Å². The molecular formula is C15H23N3O5S. The van der Waals surface area contributed by atoms with Gasteiger partial charge in [-0.2, -0.15) is 0 Å². The minimum absolute atomic E-state index is 0.117. The van der Waals surface area contributed by atoms with Crippen LogP contribution in [0.5, 0.6) is 0 Å². The van der Waals surface area contributed by atoms with E-state index < -0.39 is 20.4 Å². The molecule has 0 aromatic heterocycles. The predicted octanol–water partition coefficient (Wildman–Crippen LogP) is 0.891. The van der Waals surface area contributed by atoms with Gasteiger partial charge in [0.1, 0.15) is 4.90 Å². The number of hydrogen-bond donors (Lipinski definition) is 1. The van der Waals surface area contributed by atoms with Crippen LogP contribution in [-0.4, -0.2) is 68.4 Å². The van der Waals surface area contributed by atoms with Crippen LogP contribution in [-0.2, 0) is 9.84 Å². The van der Waals surface area contributed by atoms with Crippen LogP contribution in [0, 0.1) is 10.1 Å². The monoisotopic (exact) mass is 357 g/mol. The summed E-state index contributed by atoms with van der Waals surface area (Å²) in [6, 6.07) is 4.36. The highest BCUT2D eigenvalue weighted by atomic mass is 32.2. The summed E-state index contributed by atoms with van der Waals surface area (Å²) in [5, 5.41) is 20.4. The number of nitrogens with zero attached hydrogens (tertiary/aromatic N) is 3. The van der Waals surface area contributed by atoms with E-state index in [1.54, 1.807) is 6.07 Å². The Bertz CT molecular complexity index is 695. The smallest absolute Gasteiger partial charge is 0.288 e. The van der Waals surface area contributed by atoms with Crippen LogP contribution in [0.3, 0.4) is 0 Å². The van der Waals surface area contributed by atoms with Crippen LogP contribution >= 0.6 is 0 Å². The van der Waals surface area contributed by atoms with Gasteiger partial charge in [0.2, 0.25) is 0 Å². The number of aliphatic hydroxyl groups is 1. The fraction of sp³-hybridized carbons (Fsp3) is 0.600. The zero-order valence-electron chi connectivity index (χ0n) is 13.9. The van der Waals surface area contributed by atoms with Gasteiger partial charge in [-0.1, -0.05) is 6.92 Å². The highest BCUT2D eigenvalue weighted by molar-refractivity contribution is 7.90. The van der Waals surface area contributed by atoms with Crippen molar-refractivity contribution in [3.05, 3.63) is 28.3 Å². The third-order valence-corrected chi connectivity index (χ3v) is 5.54. The Morgan fingerprint density at radius 3 is 2.38 bits per heavy atom. The molecule has 1 N–H and O–H groups in total. The summed E-state index contributed by atoms with van der Waals surface area (Å²) in [5.41, 5.74) is 0.268. The first-order valence-corrected chi connectivity index (χ1v) is 9.75. The second-order valence-electron chi connectivity index (χ2n) is 5.95. The lowest BCUT2D eigenvalue weighted by Gasteiger charge is -2.39. The van der Waals surface area contributed by atoms with Crippen LogP contribution in [0.2, 0.25) is 0 Å². The Kier molecular flexibility index (Phi) is 5.79. The first-order valence-electron chi connectivity index (χ1n) is 7.86. The summed E-state index contributed by atoms with van der Waals surface area (Å²) in [6.07, 6.45) is 1.84. The van der Waals surface area contributed by atoms with E-state index in [9.17, 15) is 23.6 Å². The number of piperazine rings is 1. The standard InChI is InChI=1S/C15H23N3O5S/c1-3-12(11-19)16-6-8-17(9-7-16)13-4-5-14(18(20)21)15(10-13)24(2,22)23/h4-5,10,12,19H,3,6-9,11H2,1-2H3. The Labute approximate surface area is 141 Å². The third kappa shape index (κ3) is 4.03. The number of benzene rings is 1. The van der Waals surface area contributed by atoms with Crippen LogP contribution in [0.4, 0.5) is 11.4 Å². The fourth-order valence-electron chi connectivity index (χ4n) is 3.00. The Morgan fingerprint density at radius 1 is 1.29 bits per heavy atom. The molecule has 0 spiro atoms. The van der Waals surface area contributed by atoms with Crippen molar-refractivity contribution in [2.45, 2.75) is 24.3 Å². The highest BCUT2D eigenvalue weighted by Crippen LogP contribution is 2.29. The maximum absolute atomic E-state index is 11.9. The molecule has 0 radical (unpaired) electrons. The van der Waals surface area contributed by atoms with Crippen molar-refractivity contribution in [3.8, 4) is 0 Å². The van der Waals surface area contributed by atoms with Gasteiger partial charge in [-0.05, 0) is 18.6 Å². The zero-order chi connectivity index (χ0) is 17.9. The molecule has 1 aliphatic rings. The van der Waals surface area contributed by atoms with Gasteiger partial charge in [0.15, 0.2) is 9.84 Å². The molecule has 0 amide bonds. The van der Waals surface area contributed by atoms with E-state index >= 15 is 0 Å². The summed E-state index contributed by atoms with van der Waals surface area (Å²) in [5.74, 6) is 0. The van der Waals surface area contributed by atoms with Crippen molar-refractivity contribution in [2.24, 2.45) is 0 Å². The number of nitro benzene ring substituents is 1. The van der Waals surface area contributed by atoms with Crippen molar-refractivity contribution in [1.29, 1.82) is 0 Å². The lowest BCUT2D eigenvalue weighted by Crippen LogP contribution is -2.51. The van der Waals surface area contributed by atoms with Crippen molar-refractivity contribution in [3.63, 3.8) is 0 Å². The quantitative estimate of drug-likeness (QED) is 0.595. The highest BCUT2D eigenvalue weighted by Gasteiger charge is 2.26. The number of sulfone groups is 1. The Hall–Kier alpha value is -1.71. The number of nitro groups is 1. The van der Waals surface area contributed by atoms with Crippen molar-refractivity contribution >= 4 is 21.2 Å². The van der Waals surface area contributed by atoms with E-state index in [2.05, 4.69) is 4.90 Å². The van der Waals surface area contributed by atoms with Gasteiger partial charge in [-0.15, -0.1) is 0 Å². The molecule has 0 aliphatic carbocycles. The molecule has 24 heavy (non-hydrogen) atoms. The molecule has 1 aromatic carbocycles. The molecule has 2 rings (SSSR count). The normalized spacial score (nSPS) is 17.7. The summed E-state index contributed by atoms with van der Waals surface area (Å²) in [7, 11) is -3.68. The van der Waals surface area contributed by atoms with Gasteiger partial charge in [-0.3, -0.25) is 15.0 Å². The molecule has 134 valence electrons. The topological polar surface area (TPSA) is 104 Å². The van der Waals surface area contributed by atoms with Gasteiger partial charge in [0.05, 0.1) is 11.5 Å². The third-order valence-electron chi connectivity index (χ3n) is 4.42. The van der Waals surface area contributed by atoms with Gasteiger partial charge in [0.25, 0.3) is 5.69 Å².